The zero-order chi connectivity index (χ0) is 19.6. The Kier molecular flexibility index (Phi) is 7.82. The van der Waals surface area contributed by atoms with Crippen LogP contribution < -0.4 is 15.4 Å². The predicted molar refractivity (Wildman–Crippen MR) is 107 cm³/mol. The molecule has 0 unspecified atom stereocenters. The Balaban J connectivity index is 1.77. The molecule has 0 atom stereocenters. The summed E-state index contributed by atoms with van der Waals surface area (Å²) in [7, 11) is 5.13. The third-order valence-electron chi connectivity index (χ3n) is 4.11. The fourth-order valence-corrected chi connectivity index (χ4v) is 2.55. The number of amides is 2. The van der Waals surface area contributed by atoms with Gasteiger partial charge in [0, 0.05) is 32.7 Å². The number of nitrogens with zero attached hydrogens (tertiary/aromatic N) is 1. The molecule has 6 heteroatoms. The number of aryl methyl sites for hydroxylation is 1. The lowest BCUT2D eigenvalue weighted by Crippen LogP contribution is -2.27. The van der Waals surface area contributed by atoms with Crippen LogP contribution in [0, 0.1) is 0 Å². The Hall–Kier alpha value is -2.86. The first-order valence-corrected chi connectivity index (χ1v) is 8.90. The second-order valence-corrected chi connectivity index (χ2v) is 6.49. The molecule has 2 rings (SSSR count). The Labute approximate surface area is 160 Å². The van der Waals surface area contributed by atoms with Crippen LogP contribution in [0.25, 0.3) is 0 Å². The molecule has 0 aliphatic carbocycles. The highest BCUT2D eigenvalue weighted by atomic mass is 16.5. The summed E-state index contributed by atoms with van der Waals surface area (Å²) in [6.45, 7) is 0.819. The van der Waals surface area contributed by atoms with Crippen molar-refractivity contribution in [1.29, 1.82) is 0 Å². The van der Waals surface area contributed by atoms with Crippen molar-refractivity contribution < 1.29 is 14.3 Å². The first-order valence-electron chi connectivity index (χ1n) is 8.90. The summed E-state index contributed by atoms with van der Waals surface area (Å²) in [5.41, 5.74) is 2.84. The molecule has 0 saturated carbocycles. The van der Waals surface area contributed by atoms with Gasteiger partial charge in [0.1, 0.15) is 5.75 Å². The van der Waals surface area contributed by atoms with Gasteiger partial charge in [-0.25, -0.2) is 0 Å². The minimum Gasteiger partial charge on any atom is -0.497 e. The molecule has 0 spiro atoms. The van der Waals surface area contributed by atoms with Gasteiger partial charge in [0.15, 0.2) is 0 Å². The summed E-state index contributed by atoms with van der Waals surface area (Å²) in [6.07, 6.45) is 1.10. The molecule has 2 amide bonds. The lowest BCUT2D eigenvalue weighted by Gasteiger charge is -2.11. The van der Waals surface area contributed by atoms with Crippen molar-refractivity contribution in [2.75, 3.05) is 33.1 Å². The molecular weight excluding hydrogens is 342 g/mol. The Morgan fingerprint density at radius 1 is 1.04 bits per heavy atom. The van der Waals surface area contributed by atoms with E-state index in [9.17, 15) is 9.59 Å². The molecule has 0 aromatic heterocycles. The highest BCUT2D eigenvalue weighted by Gasteiger charge is 2.06. The van der Waals surface area contributed by atoms with E-state index in [4.69, 9.17) is 4.74 Å². The van der Waals surface area contributed by atoms with Gasteiger partial charge in [-0.1, -0.05) is 24.3 Å². The molecule has 0 aliphatic rings. The van der Waals surface area contributed by atoms with Crippen LogP contribution in [0.3, 0.4) is 0 Å². The summed E-state index contributed by atoms with van der Waals surface area (Å²) in [4.78, 5) is 25.4. The van der Waals surface area contributed by atoms with Gasteiger partial charge in [0.25, 0.3) is 0 Å². The number of carbonyl (C=O) groups excluding carboxylic acids is 2. The minimum absolute atomic E-state index is 0.0900. The Morgan fingerprint density at radius 3 is 2.44 bits per heavy atom. The number of hydrogen-bond donors (Lipinski definition) is 2. The van der Waals surface area contributed by atoms with Crippen molar-refractivity contribution in [3.05, 3.63) is 59.7 Å². The normalized spacial score (nSPS) is 10.3. The SMILES string of the molecule is COc1ccc(CNCC(=O)Nc2cccc(CCC(=O)N(C)C)c2)cc1. The number of ether oxygens (including phenoxy) is 1. The monoisotopic (exact) mass is 369 g/mol. The molecule has 0 saturated heterocycles. The fourth-order valence-electron chi connectivity index (χ4n) is 2.55. The van der Waals surface area contributed by atoms with E-state index in [1.807, 2.05) is 48.5 Å². The molecule has 0 heterocycles. The number of nitrogens with one attached hydrogen (secondary N) is 2. The van der Waals surface area contributed by atoms with Crippen LogP contribution >= 0.6 is 0 Å². The second kappa shape index (κ2) is 10.3. The lowest BCUT2D eigenvalue weighted by atomic mass is 10.1. The highest BCUT2D eigenvalue weighted by molar-refractivity contribution is 5.92. The Morgan fingerprint density at radius 2 is 1.78 bits per heavy atom. The number of methoxy groups -OCH3 is 1. The van der Waals surface area contributed by atoms with Crippen LogP contribution in [0.2, 0.25) is 0 Å². The molecule has 0 radical (unpaired) electrons. The molecule has 0 fully saturated rings. The zero-order valence-corrected chi connectivity index (χ0v) is 16.1. The first kappa shape index (κ1) is 20.5. The van der Waals surface area contributed by atoms with Crippen LogP contribution in [0.15, 0.2) is 48.5 Å². The minimum atomic E-state index is -0.106. The van der Waals surface area contributed by atoms with E-state index < -0.39 is 0 Å². The molecule has 2 aromatic rings. The van der Waals surface area contributed by atoms with Gasteiger partial charge < -0.3 is 20.3 Å². The molecule has 27 heavy (non-hydrogen) atoms. The van der Waals surface area contributed by atoms with E-state index in [1.165, 1.54) is 0 Å². The van der Waals surface area contributed by atoms with Gasteiger partial charge in [-0.05, 0) is 41.8 Å². The molecule has 2 aromatic carbocycles. The maximum atomic E-state index is 12.1. The van der Waals surface area contributed by atoms with Crippen molar-refractivity contribution in [1.82, 2.24) is 10.2 Å². The van der Waals surface area contributed by atoms with Gasteiger partial charge in [-0.15, -0.1) is 0 Å². The van der Waals surface area contributed by atoms with Crippen molar-refractivity contribution in [3.63, 3.8) is 0 Å². The van der Waals surface area contributed by atoms with E-state index in [0.717, 1.165) is 22.6 Å². The number of benzene rings is 2. The largest absolute Gasteiger partial charge is 0.497 e. The maximum absolute atomic E-state index is 12.1. The lowest BCUT2D eigenvalue weighted by molar-refractivity contribution is -0.128. The summed E-state index contributed by atoms with van der Waals surface area (Å²) >= 11 is 0. The molecule has 144 valence electrons. The molecule has 6 nitrogen and oxygen atoms in total. The number of carbonyl (C=O) groups is 2. The molecule has 0 aliphatic heterocycles. The average Bonchev–Trinajstić information content (AvgIpc) is 2.66. The molecule has 0 bridgehead atoms. The number of rotatable bonds is 9. The van der Waals surface area contributed by atoms with E-state index in [1.54, 1.807) is 26.1 Å². The summed E-state index contributed by atoms with van der Waals surface area (Å²) in [6, 6.07) is 15.3. The average molecular weight is 369 g/mol. The zero-order valence-electron chi connectivity index (χ0n) is 16.1. The third kappa shape index (κ3) is 7.11. The van der Waals surface area contributed by atoms with Crippen LogP contribution in [0.5, 0.6) is 5.75 Å². The smallest absolute Gasteiger partial charge is 0.238 e. The van der Waals surface area contributed by atoms with E-state index in [0.29, 0.717) is 19.4 Å². The molecular formula is C21H27N3O3. The van der Waals surface area contributed by atoms with Crippen molar-refractivity contribution in [2.24, 2.45) is 0 Å². The van der Waals surface area contributed by atoms with Crippen LogP contribution in [-0.2, 0) is 22.6 Å². The van der Waals surface area contributed by atoms with E-state index >= 15 is 0 Å². The highest BCUT2D eigenvalue weighted by Crippen LogP contribution is 2.13. The van der Waals surface area contributed by atoms with Crippen molar-refractivity contribution in [2.45, 2.75) is 19.4 Å². The van der Waals surface area contributed by atoms with Crippen LogP contribution in [-0.4, -0.2) is 44.5 Å². The van der Waals surface area contributed by atoms with E-state index in [-0.39, 0.29) is 18.4 Å². The van der Waals surface area contributed by atoms with Crippen molar-refractivity contribution >= 4 is 17.5 Å². The number of hydrogen-bond acceptors (Lipinski definition) is 4. The first-order chi connectivity index (χ1) is 13.0. The van der Waals surface area contributed by atoms with E-state index in [2.05, 4.69) is 10.6 Å². The predicted octanol–water partition coefficient (Wildman–Crippen LogP) is 2.44. The third-order valence-corrected chi connectivity index (χ3v) is 4.11. The molecule has 2 N–H and O–H groups in total. The quantitative estimate of drug-likeness (QED) is 0.712. The van der Waals surface area contributed by atoms with Crippen molar-refractivity contribution in [3.8, 4) is 5.75 Å². The standard InChI is InChI=1S/C21H27N3O3/c1-24(2)21(26)12-9-16-5-4-6-18(13-16)23-20(25)15-22-14-17-7-10-19(27-3)11-8-17/h4-8,10-11,13,22H,9,12,14-15H2,1-3H3,(H,23,25). The topological polar surface area (TPSA) is 70.7 Å². The summed E-state index contributed by atoms with van der Waals surface area (Å²) in [5, 5.41) is 6.00. The van der Waals surface area contributed by atoms with Crippen LogP contribution in [0.1, 0.15) is 17.5 Å². The van der Waals surface area contributed by atoms with Gasteiger partial charge in [-0.3, -0.25) is 9.59 Å². The summed E-state index contributed by atoms with van der Waals surface area (Å²) < 4.78 is 5.12. The van der Waals surface area contributed by atoms with Gasteiger partial charge >= 0.3 is 0 Å². The Bertz CT molecular complexity index is 758. The van der Waals surface area contributed by atoms with Gasteiger partial charge in [0.05, 0.1) is 13.7 Å². The fraction of sp³-hybridized carbons (Fsp3) is 0.333. The maximum Gasteiger partial charge on any atom is 0.238 e. The van der Waals surface area contributed by atoms with Gasteiger partial charge in [-0.2, -0.15) is 0 Å². The van der Waals surface area contributed by atoms with Crippen LogP contribution in [0.4, 0.5) is 5.69 Å². The second-order valence-electron chi connectivity index (χ2n) is 6.49. The summed E-state index contributed by atoms with van der Waals surface area (Å²) in [5.74, 6) is 0.792. The van der Waals surface area contributed by atoms with Gasteiger partial charge in [0.2, 0.25) is 11.8 Å². The number of anilines is 1.